The fourth-order valence-corrected chi connectivity index (χ4v) is 1.82. The van der Waals surface area contributed by atoms with E-state index in [1.54, 1.807) is 6.08 Å². The summed E-state index contributed by atoms with van der Waals surface area (Å²) in [4.78, 5) is 11.9. The van der Waals surface area contributed by atoms with Crippen molar-refractivity contribution in [1.82, 2.24) is 0 Å². The van der Waals surface area contributed by atoms with Crippen LogP contribution in [0.15, 0.2) is 53.0 Å². The molecule has 0 unspecified atom stereocenters. The Bertz CT molecular complexity index is 630. The molecule has 0 saturated carbocycles. The molecule has 2 N–H and O–H groups in total. The second-order valence-electron chi connectivity index (χ2n) is 3.95. The Hall–Kier alpha value is -2.07. The average molecular weight is 319 g/mol. The van der Waals surface area contributed by atoms with E-state index in [1.165, 1.54) is 24.3 Å². The van der Waals surface area contributed by atoms with Gasteiger partial charge in [-0.05, 0) is 42.0 Å². The number of aromatic hydroxyl groups is 2. The number of ketones is 1. The minimum Gasteiger partial charge on any atom is -0.508 e. The number of benzene rings is 2. The molecule has 0 amide bonds. The minimum atomic E-state index is -0.365. The largest absolute Gasteiger partial charge is 0.508 e. The van der Waals surface area contributed by atoms with Gasteiger partial charge < -0.3 is 10.2 Å². The summed E-state index contributed by atoms with van der Waals surface area (Å²) >= 11 is 3.33. The number of carbonyl (C=O) groups excluding carboxylic acids is 1. The van der Waals surface area contributed by atoms with E-state index in [-0.39, 0.29) is 22.8 Å². The number of hydrogen-bond donors (Lipinski definition) is 2. The third-order valence-corrected chi connectivity index (χ3v) is 3.07. The van der Waals surface area contributed by atoms with E-state index in [0.29, 0.717) is 0 Å². The van der Waals surface area contributed by atoms with Crippen molar-refractivity contribution < 1.29 is 15.0 Å². The molecule has 2 aromatic carbocycles. The summed E-state index contributed by atoms with van der Waals surface area (Å²) in [7, 11) is 0. The van der Waals surface area contributed by atoms with Crippen molar-refractivity contribution in [2.24, 2.45) is 0 Å². The Morgan fingerprint density at radius 1 is 1.05 bits per heavy atom. The molecule has 0 spiro atoms. The van der Waals surface area contributed by atoms with Crippen LogP contribution in [-0.4, -0.2) is 16.0 Å². The molecule has 0 bridgehead atoms. The van der Waals surface area contributed by atoms with Crippen molar-refractivity contribution in [3.05, 3.63) is 64.1 Å². The van der Waals surface area contributed by atoms with Crippen LogP contribution < -0.4 is 0 Å². The van der Waals surface area contributed by atoms with E-state index in [1.807, 2.05) is 24.3 Å². The van der Waals surface area contributed by atoms with E-state index in [9.17, 15) is 15.0 Å². The zero-order valence-corrected chi connectivity index (χ0v) is 11.5. The molecular formula is C15H11BrO3. The number of halogens is 1. The van der Waals surface area contributed by atoms with Gasteiger partial charge in [0.1, 0.15) is 11.5 Å². The van der Waals surface area contributed by atoms with E-state index >= 15 is 0 Å². The summed E-state index contributed by atoms with van der Waals surface area (Å²) in [6.07, 6.45) is 3.01. The highest BCUT2D eigenvalue weighted by Gasteiger charge is 2.08. The van der Waals surface area contributed by atoms with Gasteiger partial charge in [-0.2, -0.15) is 0 Å². The Morgan fingerprint density at radius 3 is 2.42 bits per heavy atom. The van der Waals surface area contributed by atoms with Crippen LogP contribution >= 0.6 is 15.9 Å². The molecule has 2 aromatic rings. The average Bonchev–Trinajstić information content (AvgIpc) is 2.40. The summed E-state index contributed by atoms with van der Waals surface area (Å²) < 4.78 is 0.960. The first-order chi connectivity index (χ1) is 9.06. The lowest BCUT2D eigenvalue weighted by molar-refractivity contribution is 0.104. The van der Waals surface area contributed by atoms with E-state index < -0.39 is 0 Å². The molecule has 96 valence electrons. The Labute approximate surface area is 119 Å². The van der Waals surface area contributed by atoms with Crippen LogP contribution in [0.1, 0.15) is 15.9 Å². The monoisotopic (exact) mass is 318 g/mol. The summed E-state index contributed by atoms with van der Waals surface area (Å²) in [5.41, 5.74) is 0.949. The second kappa shape index (κ2) is 5.71. The van der Waals surface area contributed by atoms with Crippen molar-refractivity contribution in [3.63, 3.8) is 0 Å². The summed E-state index contributed by atoms with van der Waals surface area (Å²) in [6.45, 7) is 0. The number of phenols is 2. The standard InChI is InChI=1S/C15H11BrO3/c16-11-4-1-10(2-5-11)3-7-14(18)13-9-12(17)6-8-15(13)19/h1-9,17,19H/b7-3+. The highest BCUT2D eigenvalue weighted by molar-refractivity contribution is 9.10. The fraction of sp³-hybridized carbons (Fsp3) is 0. The van der Waals surface area contributed by atoms with Gasteiger partial charge in [0.05, 0.1) is 5.56 Å². The highest BCUT2D eigenvalue weighted by Crippen LogP contribution is 2.23. The molecule has 4 heteroatoms. The van der Waals surface area contributed by atoms with Crippen LogP contribution in [-0.2, 0) is 0 Å². The van der Waals surface area contributed by atoms with Crippen LogP contribution in [0.4, 0.5) is 0 Å². The minimum absolute atomic E-state index is 0.0572. The lowest BCUT2D eigenvalue weighted by Gasteiger charge is -2.01. The first kappa shape index (κ1) is 13.4. The van der Waals surface area contributed by atoms with Crippen LogP contribution in [0.25, 0.3) is 6.08 Å². The van der Waals surface area contributed by atoms with Gasteiger partial charge >= 0.3 is 0 Å². The van der Waals surface area contributed by atoms with Crippen molar-refractivity contribution in [2.75, 3.05) is 0 Å². The third-order valence-electron chi connectivity index (χ3n) is 2.54. The topological polar surface area (TPSA) is 57.5 Å². The van der Waals surface area contributed by atoms with Gasteiger partial charge in [0.2, 0.25) is 0 Å². The molecular weight excluding hydrogens is 308 g/mol. The molecule has 2 rings (SSSR count). The molecule has 0 fully saturated rings. The van der Waals surface area contributed by atoms with Crippen LogP contribution in [0, 0.1) is 0 Å². The number of rotatable bonds is 3. The van der Waals surface area contributed by atoms with Gasteiger partial charge in [-0.15, -0.1) is 0 Å². The molecule has 0 heterocycles. The molecule has 3 nitrogen and oxygen atoms in total. The predicted molar refractivity (Wildman–Crippen MR) is 77.3 cm³/mol. The van der Waals surface area contributed by atoms with Gasteiger partial charge in [0, 0.05) is 4.47 Å². The summed E-state index contributed by atoms with van der Waals surface area (Å²) in [5, 5.41) is 18.9. The van der Waals surface area contributed by atoms with E-state index in [0.717, 1.165) is 10.0 Å². The van der Waals surface area contributed by atoms with Crippen LogP contribution in [0.2, 0.25) is 0 Å². The molecule has 0 atom stereocenters. The van der Waals surface area contributed by atoms with Gasteiger partial charge in [0.15, 0.2) is 5.78 Å². The molecule has 0 aliphatic carbocycles. The molecule has 0 radical (unpaired) electrons. The normalized spacial score (nSPS) is 10.8. The quantitative estimate of drug-likeness (QED) is 0.514. The lowest BCUT2D eigenvalue weighted by atomic mass is 10.1. The number of allylic oxidation sites excluding steroid dienone is 1. The fourth-order valence-electron chi connectivity index (χ4n) is 1.56. The smallest absolute Gasteiger partial charge is 0.189 e. The highest BCUT2D eigenvalue weighted by atomic mass is 79.9. The van der Waals surface area contributed by atoms with Gasteiger partial charge in [-0.3, -0.25) is 4.79 Å². The second-order valence-corrected chi connectivity index (χ2v) is 4.87. The van der Waals surface area contributed by atoms with E-state index in [4.69, 9.17) is 0 Å². The first-order valence-electron chi connectivity index (χ1n) is 5.56. The van der Waals surface area contributed by atoms with Gasteiger partial charge in [-0.25, -0.2) is 0 Å². The first-order valence-corrected chi connectivity index (χ1v) is 6.35. The summed E-state index contributed by atoms with van der Waals surface area (Å²) in [5.74, 6) is -0.572. The SMILES string of the molecule is O=C(/C=C/c1ccc(Br)cc1)c1cc(O)ccc1O. The van der Waals surface area contributed by atoms with Crippen LogP contribution in [0.5, 0.6) is 11.5 Å². The van der Waals surface area contributed by atoms with Crippen molar-refractivity contribution >= 4 is 27.8 Å². The number of carbonyl (C=O) groups is 1. The number of phenolic OH excluding ortho intramolecular Hbond substituents is 2. The predicted octanol–water partition coefficient (Wildman–Crippen LogP) is 3.76. The molecule has 0 aliphatic rings. The molecule has 0 aliphatic heterocycles. The Morgan fingerprint density at radius 2 is 1.74 bits per heavy atom. The summed E-state index contributed by atoms with van der Waals surface area (Å²) in [6, 6.07) is 11.3. The third kappa shape index (κ3) is 3.45. The van der Waals surface area contributed by atoms with E-state index in [2.05, 4.69) is 15.9 Å². The Kier molecular flexibility index (Phi) is 4.02. The molecule has 0 aromatic heterocycles. The molecule has 19 heavy (non-hydrogen) atoms. The number of hydrogen-bond acceptors (Lipinski definition) is 3. The Balaban J connectivity index is 2.21. The maximum absolute atomic E-state index is 11.9. The zero-order valence-electron chi connectivity index (χ0n) is 9.88. The van der Waals surface area contributed by atoms with Crippen molar-refractivity contribution in [2.45, 2.75) is 0 Å². The van der Waals surface area contributed by atoms with Crippen LogP contribution in [0.3, 0.4) is 0 Å². The lowest BCUT2D eigenvalue weighted by Crippen LogP contribution is -1.94. The van der Waals surface area contributed by atoms with Crippen molar-refractivity contribution in [3.8, 4) is 11.5 Å². The van der Waals surface area contributed by atoms with Crippen molar-refractivity contribution in [1.29, 1.82) is 0 Å². The zero-order chi connectivity index (χ0) is 13.8. The maximum atomic E-state index is 11.9. The maximum Gasteiger partial charge on any atom is 0.189 e. The van der Waals surface area contributed by atoms with Gasteiger partial charge in [0.25, 0.3) is 0 Å². The molecule has 0 saturated heterocycles. The van der Waals surface area contributed by atoms with Gasteiger partial charge in [-0.1, -0.05) is 34.1 Å².